The Morgan fingerprint density at radius 3 is 2.67 bits per heavy atom. The van der Waals surface area contributed by atoms with Crippen molar-refractivity contribution in [2.45, 2.75) is 27.2 Å². The summed E-state index contributed by atoms with van der Waals surface area (Å²) in [6.07, 6.45) is 7.34. The van der Waals surface area contributed by atoms with Crippen molar-refractivity contribution in [1.82, 2.24) is 16.0 Å². The van der Waals surface area contributed by atoms with Crippen LogP contribution in [-0.4, -0.2) is 32.2 Å². The SMILES string of the molecule is C/C=C\C(CNCN(CC1=CNCN1)c1ccc(-c2ccccc2)cc1C)=C(/N)SCCC. The molecule has 176 valence electrons. The molecule has 0 aromatic heterocycles. The number of rotatable bonds is 12. The largest absolute Gasteiger partial charge is 0.393 e. The van der Waals surface area contributed by atoms with Gasteiger partial charge in [-0.1, -0.05) is 55.5 Å². The summed E-state index contributed by atoms with van der Waals surface area (Å²) >= 11 is 1.73. The van der Waals surface area contributed by atoms with Crippen molar-refractivity contribution in [2.75, 3.05) is 37.1 Å². The normalized spacial score (nSPS) is 14.0. The molecule has 0 atom stereocenters. The number of nitrogens with zero attached hydrogens (tertiary/aromatic N) is 1. The molecule has 0 aliphatic carbocycles. The second-order valence-electron chi connectivity index (χ2n) is 8.12. The number of hydrogen-bond acceptors (Lipinski definition) is 6. The fourth-order valence-corrected chi connectivity index (χ4v) is 4.55. The zero-order chi connectivity index (χ0) is 23.5. The first-order chi connectivity index (χ1) is 16.1. The standard InChI is InChI=1S/C27H37N5S/c1-4-9-24(27(28)33-14-5-2)16-30-20-32(18-25-17-29-19-31-25)26-13-12-23(15-21(26)3)22-10-7-6-8-11-22/h4,6-13,15,17,29-31H,5,14,16,18-20,28H2,1-3H3/b9-4-,27-24-. The fourth-order valence-electron chi connectivity index (χ4n) is 3.80. The summed E-state index contributed by atoms with van der Waals surface area (Å²) in [5.41, 5.74) is 13.6. The third-order valence-corrected chi connectivity index (χ3v) is 6.65. The highest BCUT2D eigenvalue weighted by Gasteiger charge is 2.14. The number of benzene rings is 2. The van der Waals surface area contributed by atoms with Crippen LogP contribution in [0.2, 0.25) is 0 Å². The predicted molar refractivity (Wildman–Crippen MR) is 145 cm³/mol. The first-order valence-electron chi connectivity index (χ1n) is 11.6. The summed E-state index contributed by atoms with van der Waals surface area (Å²) in [6, 6.07) is 17.3. The second kappa shape index (κ2) is 13.0. The fraction of sp³-hybridized carbons (Fsp3) is 0.333. The zero-order valence-electron chi connectivity index (χ0n) is 20.0. The average molecular weight is 464 g/mol. The highest BCUT2D eigenvalue weighted by molar-refractivity contribution is 8.03. The van der Waals surface area contributed by atoms with Crippen LogP contribution in [0.15, 0.2) is 83.2 Å². The van der Waals surface area contributed by atoms with Crippen molar-refractivity contribution < 1.29 is 0 Å². The van der Waals surface area contributed by atoms with Crippen molar-refractivity contribution in [3.8, 4) is 11.1 Å². The van der Waals surface area contributed by atoms with Crippen molar-refractivity contribution in [1.29, 1.82) is 0 Å². The molecule has 3 rings (SSSR count). The van der Waals surface area contributed by atoms with Gasteiger partial charge in [-0.05, 0) is 60.4 Å². The van der Waals surface area contributed by atoms with Crippen LogP contribution in [0.3, 0.4) is 0 Å². The average Bonchev–Trinajstić information content (AvgIpc) is 3.35. The summed E-state index contributed by atoms with van der Waals surface area (Å²) in [4.78, 5) is 2.37. The van der Waals surface area contributed by atoms with Crippen LogP contribution in [0.5, 0.6) is 0 Å². The minimum atomic E-state index is 0.720. The quantitative estimate of drug-likeness (QED) is 0.265. The van der Waals surface area contributed by atoms with Gasteiger partial charge in [-0.15, -0.1) is 11.8 Å². The molecule has 1 heterocycles. The van der Waals surface area contributed by atoms with Crippen LogP contribution in [0.1, 0.15) is 25.8 Å². The van der Waals surface area contributed by atoms with Crippen LogP contribution in [-0.2, 0) is 0 Å². The summed E-state index contributed by atoms with van der Waals surface area (Å²) in [5.74, 6) is 1.04. The van der Waals surface area contributed by atoms with E-state index in [4.69, 9.17) is 5.73 Å². The highest BCUT2D eigenvalue weighted by atomic mass is 32.2. The molecule has 5 nitrogen and oxygen atoms in total. The van der Waals surface area contributed by atoms with Crippen LogP contribution >= 0.6 is 11.8 Å². The van der Waals surface area contributed by atoms with Crippen LogP contribution < -0.4 is 26.6 Å². The van der Waals surface area contributed by atoms with Gasteiger partial charge in [0, 0.05) is 24.1 Å². The Morgan fingerprint density at radius 1 is 1.18 bits per heavy atom. The Bertz CT molecular complexity index is 981. The molecule has 0 amide bonds. The molecule has 5 N–H and O–H groups in total. The number of allylic oxidation sites excluding steroid dienone is 1. The first kappa shape index (κ1) is 24.8. The summed E-state index contributed by atoms with van der Waals surface area (Å²) in [7, 11) is 0. The lowest BCUT2D eigenvalue weighted by Gasteiger charge is -2.28. The van der Waals surface area contributed by atoms with E-state index in [1.54, 1.807) is 11.8 Å². The Kier molecular flexibility index (Phi) is 9.78. The van der Waals surface area contributed by atoms with Gasteiger partial charge in [0.1, 0.15) is 0 Å². The minimum Gasteiger partial charge on any atom is -0.393 e. The molecule has 0 fully saturated rings. The summed E-state index contributed by atoms with van der Waals surface area (Å²) in [6.45, 7) is 9.43. The minimum absolute atomic E-state index is 0.720. The van der Waals surface area contributed by atoms with Crippen LogP contribution in [0, 0.1) is 6.92 Å². The molecule has 6 heteroatoms. The second-order valence-corrected chi connectivity index (χ2v) is 9.25. The van der Waals surface area contributed by atoms with Gasteiger partial charge in [-0.3, -0.25) is 5.32 Å². The lowest BCUT2D eigenvalue weighted by atomic mass is 10.0. The van der Waals surface area contributed by atoms with Crippen molar-refractivity contribution in [2.24, 2.45) is 5.73 Å². The van der Waals surface area contributed by atoms with Gasteiger partial charge in [0.2, 0.25) is 0 Å². The van der Waals surface area contributed by atoms with Crippen LogP contribution in [0.25, 0.3) is 11.1 Å². The Morgan fingerprint density at radius 2 is 2.00 bits per heavy atom. The van der Waals surface area contributed by atoms with E-state index in [1.807, 2.05) is 6.92 Å². The Hall–Kier alpha value is -2.83. The lowest BCUT2D eigenvalue weighted by molar-refractivity contribution is 0.681. The van der Waals surface area contributed by atoms with Gasteiger partial charge >= 0.3 is 0 Å². The molecule has 2 aromatic carbocycles. The maximum Gasteiger partial charge on any atom is 0.0843 e. The molecule has 0 spiro atoms. The Balaban J connectivity index is 1.76. The van der Waals surface area contributed by atoms with E-state index in [-0.39, 0.29) is 0 Å². The first-order valence-corrected chi connectivity index (χ1v) is 12.6. The summed E-state index contributed by atoms with van der Waals surface area (Å²) in [5, 5.41) is 11.2. The van der Waals surface area contributed by atoms with Gasteiger partial charge in [0.15, 0.2) is 0 Å². The topological polar surface area (TPSA) is 65.3 Å². The van der Waals surface area contributed by atoms with Crippen molar-refractivity contribution in [3.63, 3.8) is 0 Å². The van der Waals surface area contributed by atoms with E-state index >= 15 is 0 Å². The molecular formula is C27H37N5S. The van der Waals surface area contributed by atoms with Crippen molar-refractivity contribution in [3.05, 3.63) is 88.7 Å². The summed E-state index contributed by atoms with van der Waals surface area (Å²) < 4.78 is 0. The van der Waals surface area contributed by atoms with E-state index in [9.17, 15) is 0 Å². The molecule has 0 saturated heterocycles. The molecule has 0 saturated carbocycles. The molecule has 2 aromatic rings. The van der Waals surface area contributed by atoms with Gasteiger partial charge in [0.25, 0.3) is 0 Å². The monoisotopic (exact) mass is 463 g/mol. The molecule has 1 aliphatic heterocycles. The van der Waals surface area contributed by atoms with Crippen LogP contribution in [0.4, 0.5) is 5.69 Å². The van der Waals surface area contributed by atoms with Crippen molar-refractivity contribution >= 4 is 17.4 Å². The third-order valence-electron chi connectivity index (χ3n) is 5.46. The van der Waals surface area contributed by atoms with E-state index in [0.29, 0.717) is 0 Å². The number of nitrogens with one attached hydrogen (secondary N) is 3. The smallest absolute Gasteiger partial charge is 0.0843 e. The molecular weight excluding hydrogens is 426 g/mol. The number of hydrogen-bond donors (Lipinski definition) is 4. The predicted octanol–water partition coefficient (Wildman–Crippen LogP) is 4.90. The number of anilines is 1. The van der Waals surface area contributed by atoms with E-state index in [1.165, 1.54) is 28.1 Å². The van der Waals surface area contributed by atoms with Gasteiger partial charge in [0.05, 0.1) is 24.9 Å². The molecule has 0 unspecified atom stereocenters. The molecule has 0 bridgehead atoms. The zero-order valence-corrected chi connectivity index (χ0v) is 20.8. The molecule has 0 radical (unpaired) electrons. The highest BCUT2D eigenvalue weighted by Crippen LogP contribution is 2.27. The molecule has 1 aliphatic rings. The van der Waals surface area contributed by atoms with E-state index in [2.05, 4.69) is 102 Å². The molecule has 33 heavy (non-hydrogen) atoms. The third kappa shape index (κ3) is 7.34. The van der Waals surface area contributed by atoms with Gasteiger partial charge in [-0.25, -0.2) is 0 Å². The number of thioether (sulfide) groups is 1. The van der Waals surface area contributed by atoms with E-state index in [0.717, 1.165) is 49.2 Å². The Labute approximate surface area is 203 Å². The lowest BCUT2D eigenvalue weighted by Crippen LogP contribution is -2.38. The number of aryl methyl sites for hydroxylation is 1. The number of nitrogens with two attached hydrogens (primary N) is 1. The van der Waals surface area contributed by atoms with Gasteiger partial charge < -0.3 is 21.3 Å². The maximum atomic E-state index is 6.36. The van der Waals surface area contributed by atoms with Gasteiger partial charge in [-0.2, -0.15) is 0 Å². The maximum absolute atomic E-state index is 6.36. The van der Waals surface area contributed by atoms with E-state index < -0.39 is 0 Å².